The van der Waals surface area contributed by atoms with Crippen LogP contribution in [0, 0.1) is 5.41 Å². The molecule has 5 rings (SSSR count). The second-order valence-electron chi connectivity index (χ2n) is 9.36. The number of nitrogens with two attached hydrogens (primary N) is 1. The molecule has 0 unspecified atom stereocenters. The van der Waals surface area contributed by atoms with Crippen molar-refractivity contribution in [2.24, 2.45) is 18.2 Å². The van der Waals surface area contributed by atoms with Gasteiger partial charge in [-0.25, -0.2) is 4.98 Å². The number of nitrogens with one attached hydrogen (secondary N) is 1. The van der Waals surface area contributed by atoms with Crippen molar-refractivity contribution in [2.75, 3.05) is 11.9 Å². The van der Waals surface area contributed by atoms with Gasteiger partial charge in [-0.3, -0.25) is 9.59 Å². The third-order valence-electron chi connectivity index (χ3n) is 7.23. The highest BCUT2D eigenvalue weighted by atomic mass is 35.5. The van der Waals surface area contributed by atoms with Gasteiger partial charge >= 0.3 is 0 Å². The summed E-state index contributed by atoms with van der Waals surface area (Å²) < 4.78 is 1.57. The van der Waals surface area contributed by atoms with Crippen LogP contribution in [0.4, 0.5) is 5.82 Å². The molecule has 32 heavy (non-hydrogen) atoms. The molecule has 2 aromatic heterocycles. The molecule has 2 atom stereocenters. The first-order valence-electron chi connectivity index (χ1n) is 10.7. The van der Waals surface area contributed by atoms with Crippen LogP contribution in [0.15, 0.2) is 53.6 Å². The number of benzene rings is 1. The van der Waals surface area contributed by atoms with E-state index in [1.807, 2.05) is 43.3 Å². The highest BCUT2D eigenvalue weighted by molar-refractivity contribution is 6.34. The Morgan fingerprint density at radius 3 is 2.66 bits per heavy atom. The lowest BCUT2D eigenvalue weighted by molar-refractivity contribution is -0.126. The first-order valence-corrected chi connectivity index (χ1v) is 11.1. The van der Waals surface area contributed by atoms with E-state index in [0.717, 1.165) is 40.9 Å². The third-order valence-corrected chi connectivity index (χ3v) is 7.62. The fourth-order valence-electron chi connectivity index (χ4n) is 5.33. The van der Waals surface area contributed by atoms with E-state index < -0.39 is 5.41 Å². The molecule has 164 valence electrons. The second-order valence-corrected chi connectivity index (χ2v) is 9.74. The number of aromatic nitrogens is 2. The van der Waals surface area contributed by atoms with E-state index in [1.54, 1.807) is 24.0 Å². The molecule has 7 heteroatoms. The average molecular weight is 449 g/mol. The number of halogens is 1. The molecule has 1 amide bonds. The largest absolute Gasteiger partial charge is 0.369 e. The predicted molar refractivity (Wildman–Crippen MR) is 127 cm³/mol. The molecule has 3 aromatic rings. The van der Waals surface area contributed by atoms with Gasteiger partial charge in [0.2, 0.25) is 5.91 Å². The summed E-state index contributed by atoms with van der Waals surface area (Å²) in [4.78, 5) is 29.4. The maximum atomic E-state index is 12.6. The monoisotopic (exact) mass is 448 g/mol. The number of hydrogen-bond acceptors (Lipinski definition) is 4. The average Bonchev–Trinajstić information content (AvgIpc) is 3.32. The first-order chi connectivity index (χ1) is 15.2. The summed E-state index contributed by atoms with van der Waals surface area (Å²) in [5, 5.41) is 4.03. The maximum absolute atomic E-state index is 12.6. The van der Waals surface area contributed by atoms with E-state index in [1.165, 1.54) is 0 Å². The van der Waals surface area contributed by atoms with Crippen molar-refractivity contribution in [3.8, 4) is 22.3 Å². The lowest BCUT2D eigenvalue weighted by Crippen LogP contribution is -2.35. The zero-order valence-electron chi connectivity index (χ0n) is 18.1. The number of pyridine rings is 2. The van der Waals surface area contributed by atoms with Gasteiger partial charge in [0.15, 0.2) is 0 Å². The molecule has 1 saturated carbocycles. The molecular formula is C25H25ClN4O2. The third kappa shape index (κ3) is 3.05. The lowest BCUT2D eigenvalue weighted by Gasteiger charge is -2.27. The Bertz CT molecular complexity index is 1320. The quantitative estimate of drug-likeness (QED) is 0.631. The fourth-order valence-corrected chi connectivity index (χ4v) is 5.78. The summed E-state index contributed by atoms with van der Waals surface area (Å²) in [6.45, 7) is 2.64. The Hall–Kier alpha value is -3.12. The number of nitrogens with zero attached hydrogens (tertiary/aromatic N) is 2. The maximum Gasteiger partial charge on any atom is 0.258 e. The lowest BCUT2D eigenvalue weighted by atomic mass is 9.76. The van der Waals surface area contributed by atoms with Gasteiger partial charge in [-0.1, -0.05) is 36.7 Å². The van der Waals surface area contributed by atoms with Gasteiger partial charge in [-0.15, -0.1) is 0 Å². The van der Waals surface area contributed by atoms with Crippen LogP contribution in [0.2, 0.25) is 5.02 Å². The predicted octanol–water partition coefficient (Wildman–Crippen LogP) is 4.11. The van der Waals surface area contributed by atoms with E-state index in [4.69, 9.17) is 17.3 Å². The van der Waals surface area contributed by atoms with Crippen molar-refractivity contribution < 1.29 is 4.79 Å². The number of hydrogen-bond donors (Lipinski definition) is 2. The van der Waals surface area contributed by atoms with Crippen LogP contribution in [-0.4, -0.2) is 22.0 Å². The van der Waals surface area contributed by atoms with Crippen molar-refractivity contribution in [1.82, 2.24) is 9.55 Å². The minimum Gasteiger partial charge on any atom is -0.369 e. The van der Waals surface area contributed by atoms with Gasteiger partial charge < -0.3 is 15.6 Å². The normalized spacial score (nSPS) is 23.8. The number of carbonyl (C=O) groups is 1. The summed E-state index contributed by atoms with van der Waals surface area (Å²) in [5.74, 6) is 0.515. The van der Waals surface area contributed by atoms with Gasteiger partial charge in [-0.2, -0.15) is 0 Å². The molecule has 1 aromatic carbocycles. The zero-order valence-corrected chi connectivity index (χ0v) is 18.9. The van der Waals surface area contributed by atoms with Crippen LogP contribution in [-0.2, 0) is 17.3 Å². The van der Waals surface area contributed by atoms with Crippen molar-refractivity contribution in [2.45, 2.75) is 31.6 Å². The summed E-state index contributed by atoms with van der Waals surface area (Å²) in [6, 6.07) is 11.5. The SMILES string of the molecule is Cn1cccc(-c2cccc(-c3cnc4c(c3Cl)[C@@]3(CC[C@](C)(C(N)=O)C3)CN4)c2)c1=O. The zero-order chi connectivity index (χ0) is 22.7. The first kappa shape index (κ1) is 20.8. The number of amides is 1. The van der Waals surface area contributed by atoms with E-state index in [2.05, 4.69) is 10.3 Å². The van der Waals surface area contributed by atoms with Crippen molar-refractivity contribution >= 4 is 23.3 Å². The van der Waals surface area contributed by atoms with Crippen molar-refractivity contribution in [3.63, 3.8) is 0 Å². The molecule has 1 aliphatic carbocycles. The number of anilines is 1. The second kappa shape index (κ2) is 7.20. The van der Waals surface area contributed by atoms with Crippen LogP contribution in [0.1, 0.15) is 31.7 Å². The Balaban J connectivity index is 1.60. The number of rotatable bonds is 3. The molecule has 0 bridgehead atoms. The molecule has 2 aliphatic rings. The fraction of sp³-hybridized carbons (Fsp3) is 0.320. The minimum atomic E-state index is -0.546. The molecule has 0 radical (unpaired) electrons. The van der Waals surface area contributed by atoms with E-state index >= 15 is 0 Å². The molecular weight excluding hydrogens is 424 g/mol. The Morgan fingerprint density at radius 2 is 1.94 bits per heavy atom. The van der Waals surface area contributed by atoms with Crippen LogP contribution in [0.3, 0.4) is 0 Å². The summed E-state index contributed by atoms with van der Waals surface area (Å²) in [5.41, 5.74) is 9.01. The standard InChI is InChI=1S/C25H25ClN4O2/c1-24(23(27)32)8-9-25(13-24)14-29-21-19(25)20(26)18(12-28-21)16-6-3-5-15(11-16)17-7-4-10-30(2)22(17)31/h3-7,10-12H,8-9,13-14H2,1-2H3,(H2,27,32)(H,28,29)/t24-,25+/m0/s1. The molecule has 0 saturated heterocycles. The highest BCUT2D eigenvalue weighted by Crippen LogP contribution is 2.57. The summed E-state index contributed by atoms with van der Waals surface area (Å²) >= 11 is 7.02. The summed E-state index contributed by atoms with van der Waals surface area (Å²) in [6.07, 6.45) is 5.73. The van der Waals surface area contributed by atoms with Gasteiger partial charge in [0.05, 0.1) is 5.02 Å². The Morgan fingerprint density at radius 1 is 1.19 bits per heavy atom. The molecule has 3 N–H and O–H groups in total. The number of primary amides is 1. The topological polar surface area (TPSA) is 90.0 Å². The van der Waals surface area contributed by atoms with Crippen LogP contribution in [0.25, 0.3) is 22.3 Å². The molecule has 6 nitrogen and oxygen atoms in total. The Labute approximate surface area is 191 Å². The number of aryl methyl sites for hydroxylation is 1. The molecule has 1 aliphatic heterocycles. The van der Waals surface area contributed by atoms with Gasteiger partial charge in [0, 0.05) is 53.5 Å². The van der Waals surface area contributed by atoms with Crippen molar-refractivity contribution in [1.29, 1.82) is 0 Å². The van der Waals surface area contributed by atoms with E-state index in [0.29, 0.717) is 23.6 Å². The highest BCUT2D eigenvalue weighted by Gasteiger charge is 2.53. The van der Waals surface area contributed by atoms with E-state index in [-0.39, 0.29) is 16.9 Å². The minimum absolute atomic E-state index is 0.0531. The van der Waals surface area contributed by atoms with Gasteiger partial charge in [-0.05, 0) is 48.6 Å². The smallest absolute Gasteiger partial charge is 0.258 e. The number of carbonyl (C=O) groups excluding carboxylic acids is 1. The van der Waals surface area contributed by atoms with E-state index in [9.17, 15) is 9.59 Å². The van der Waals surface area contributed by atoms with Gasteiger partial charge in [0.1, 0.15) is 5.82 Å². The Kier molecular flexibility index (Phi) is 4.67. The summed E-state index contributed by atoms with van der Waals surface area (Å²) in [7, 11) is 1.74. The van der Waals surface area contributed by atoms with Crippen LogP contribution < -0.4 is 16.6 Å². The van der Waals surface area contributed by atoms with Gasteiger partial charge in [0.25, 0.3) is 5.56 Å². The molecule has 3 heterocycles. The molecule has 1 fully saturated rings. The van der Waals surface area contributed by atoms with Crippen molar-refractivity contribution in [3.05, 3.63) is 69.7 Å². The van der Waals surface area contributed by atoms with Crippen LogP contribution >= 0.6 is 11.6 Å². The van der Waals surface area contributed by atoms with Crippen LogP contribution in [0.5, 0.6) is 0 Å². The number of fused-ring (bicyclic) bond motifs is 2. The molecule has 1 spiro atoms.